The van der Waals surface area contributed by atoms with Crippen molar-refractivity contribution in [2.24, 2.45) is 0 Å². The number of halogens is 2. The Kier molecular flexibility index (Phi) is 4.25. The van der Waals surface area contributed by atoms with Crippen molar-refractivity contribution in [2.75, 3.05) is 14.2 Å². The summed E-state index contributed by atoms with van der Waals surface area (Å²) < 4.78 is 19.0. The van der Waals surface area contributed by atoms with E-state index in [1.165, 1.54) is 18.6 Å². The quantitative estimate of drug-likeness (QED) is 0.882. The number of hydrogen-bond donors (Lipinski definition) is 1. The van der Waals surface area contributed by atoms with Gasteiger partial charge in [-0.2, -0.15) is 0 Å². The summed E-state index contributed by atoms with van der Waals surface area (Å²) in [6.45, 7) is 0. The Morgan fingerprint density at radius 2 is 2.22 bits per heavy atom. The number of methoxy groups -OCH3 is 1. The van der Waals surface area contributed by atoms with E-state index in [-0.39, 0.29) is 17.5 Å². The first-order valence-electron chi connectivity index (χ1n) is 6.27. The number of benzene rings is 1. The van der Waals surface area contributed by atoms with Gasteiger partial charge in [-0.3, -0.25) is 0 Å². The van der Waals surface area contributed by atoms with Crippen LogP contribution >= 0.6 is 11.6 Å². The van der Waals surface area contributed by atoms with Crippen LogP contribution in [0.2, 0.25) is 5.02 Å². The zero-order chi connectivity index (χ0) is 13.2. The standard InChI is InChI=1S/C14H19ClFNO/c1-17-13(9-14(18-2)6-3-7-14)11-8-10(16)4-5-12(11)15/h4-5,8,13,17H,3,6-7,9H2,1-2H3. The first-order valence-corrected chi connectivity index (χ1v) is 6.65. The third-order valence-electron chi connectivity index (χ3n) is 3.96. The van der Waals surface area contributed by atoms with Gasteiger partial charge in [-0.1, -0.05) is 11.6 Å². The van der Waals surface area contributed by atoms with E-state index in [0.717, 1.165) is 24.8 Å². The molecule has 0 radical (unpaired) electrons. The van der Waals surface area contributed by atoms with Crippen LogP contribution in [0.25, 0.3) is 0 Å². The SMILES string of the molecule is CNC(CC1(OC)CCC1)c1cc(F)ccc1Cl. The molecule has 0 aliphatic heterocycles. The lowest BCUT2D eigenvalue weighted by atomic mass is 9.74. The number of rotatable bonds is 5. The average Bonchev–Trinajstić information content (AvgIpc) is 2.32. The molecule has 1 N–H and O–H groups in total. The normalized spacial score (nSPS) is 19.3. The third kappa shape index (κ3) is 2.68. The molecule has 1 aromatic carbocycles. The van der Waals surface area contributed by atoms with Crippen LogP contribution < -0.4 is 5.32 Å². The van der Waals surface area contributed by atoms with Gasteiger partial charge in [0, 0.05) is 18.2 Å². The zero-order valence-electron chi connectivity index (χ0n) is 10.8. The van der Waals surface area contributed by atoms with Crippen molar-refractivity contribution < 1.29 is 9.13 Å². The van der Waals surface area contributed by atoms with Crippen LogP contribution in [0.4, 0.5) is 4.39 Å². The fourth-order valence-corrected chi connectivity index (χ4v) is 2.83. The lowest BCUT2D eigenvalue weighted by Gasteiger charge is -2.43. The predicted octanol–water partition coefficient (Wildman–Crippen LogP) is 3.70. The van der Waals surface area contributed by atoms with Gasteiger partial charge < -0.3 is 10.1 Å². The van der Waals surface area contributed by atoms with E-state index in [0.29, 0.717) is 5.02 Å². The molecule has 1 unspecified atom stereocenters. The molecule has 0 amide bonds. The van der Waals surface area contributed by atoms with Gasteiger partial charge in [0.1, 0.15) is 5.82 Å². The van der Waals surface area contributed by atoms with Crippen LogP contribution in [0.1, 0.15) is 37.3 Å². The monoisotopic (exact) mass is 271 g/mol. The third-order valence-corrected chi connectivity index (χ3v) is 4.30. The molecule has 100 valence electrons. The topological polar surface area (TPSA) is 21.3 Å². The molecule has 1 saturated carbocycles. The molecule has 1 aliphatic carbocycles. The minimum absolute atomic E-state index is 0.0217. The summed E-state index contributed by atoms with van der Waals surface area (Å²) in [5, 5.41) is 3.81. The van der Waals surface area contributed by atoms with E-state index >= 15 is 0 Å². The summed E-state index contributed by atoms with van der Waals surface area (Å²) in [7, 11) is 3.62. The van der Waals surface area contributed by atoms with Crippen LogP contribution in [0.15, 0.2) is 18.2 Å². The van der Waals surface area contributed by atoms with Crippen LogP contribution in [0.3, 0.4) is 0 Å². The van der Waals surface area contributed by atoms with Crippen molar-refractivity contribution in [3.63, 3.8) is 0 Å². The van der Waals surface area contributed by atoms with Gasteiger partial charge in [0.15, 0.2) is 0 Å². The second-order valence-electron chi connectivity index (χ2n) is 4.95. The van der Waals surface area contributed by atoms with Gasteiger partial charge in [-0.15, -0.1) is 0 Å². The van der Waals surface area contributed by atoms with E-state index in [9.17, 15) is 4.39 Å². The number of hydrogen-bond acceptors (Lipinski definition) is 2. The molecule has 1 aliphatic rings. The first kappa shape index (κ1) is 13.8. The van der Waals surface area contributed by atoms with E-state index in [4.69, 9.17) is 16.3 Å². The van der Waals surface area contributed by atoms with E-state index in [1.54, 1.807) is 13.2 Å². The van der Waals surface area contributed by atoms with Crippen LogP contribution in [-0.4, -0.2) is 19.8 Å². The zero-order valence-corrected chi connectivity index (χ0v) is 11.6. The molecule has 0 saturated heterocycles. The highest BCUT2D eigenvalue weighted by Gasteiger charge is 2.39. The average molecular weight is 272 g/mol. The molecule has 4 heteroatoms. The highest BCUT2D eigenvalue weighted by Crippen LogP contribution is 2.42. The summed E-state index contributed by atoms with van der Waals surface area (Å²) in [6, 6.07) is 4.52. The van der Waals surface area contributed by atoms with Gasteiger partial charge in [0.05, 0.1) is 5.60 Å². The smallest absolute Gasteiger partial charge is 0.123 e. The molecular weight excluding hydrogens is 253 g/mol. The second-order valence-corrected chi connectivity index (χ2v) is 5.36. The number of nitrogens with one attached hydrogen (secondary N) is 1. The van der Waals surface area contributed by atoms with Crippen molar-refractivity contribution in [3.8, 4) is 0 Å². The van der Waals surface area contributed by atoms with Gasteiger partial charge in [-0.25, -0.2) is 4.39 Å². The Labute approximate surface area is 112 Å². The van der Waals surface area contributed by atoms with Gasteiger partial charge in [-0.05, 0) is 56.5 Å². The van der Waals surface area contributed by atoms with E-state index in [2.05, 4.69) is 5.32 Å². The Hall–Kier alpha value is -0.640. The van der Waals surface area contributed by atoms with Crippen molar-refractivity contribution >= 4 is 11.6 Å². The van der Waals surface area contributed by atoms with Gasteiger partial charge >= 0.3 is 0 Å². The summed E-state index contributed by atoms with van der Waals surface area (Å²) in [5.41, 5.74) is 0.742. The molecule has 0 aromatic heterocycles. The second kappa shape index (κ2) is 5.55. The molecule has 0 bridgehead atoms. The van der Waals surface area contributed by atoms with Gasteiger partial charge in [0.25, 0.3) is 0 Å². The van der Waals surface area contributed by atoms with Crippen LogP contribution in [0.5, 0.6) is 0 Å². The molecule has 0 spiro atoms. The molecule has 0 heterocycles. The Bertz CT molecular complexity index is 415. The Balaban J connectivity index is 2.20. The van der Waals surface area contributed by atoms with Crippen molar-refractivity contribution in [1.29, 1.82) is 0 Å². The minimum atomic E-state index is -0.255. The molecule has 1 fully saturated rings. The molecule has 1 atom stereocenters. The lowest BCUT2D eigenvalue weighted by Crippen LogP contribution is -2.42. The maximum Gasteiger partial charge on any atom is 0.123 e. The van der Waals surface area contributed by atoms with Crippen molar-refractivity contribution in [2.45, 2.75) is 37.3 Å². The highest BCUT2D eigenvalue weighted by molar-refractivity contribution is 6.31. The minimum Gasteiger partial charge on any atom is -0.378 e. The summed E-state index contributed by atoms with van der Waals surface area (Å²) in [6.07, 6.45) is 4.15. The maximum absolute atomic E-state index is 13.3. The molecular formula is C14H19ClFNO. The summed E-state index contributed by atoms with van der Waals surface area (Å²) in [4.78, 5) is 0. The van der Waals surface area contributed by atoms with E-state index in [1.807, 2.05) is 7.05 Å². The molecule has 1 aromatic rings. The van der Waals surface area contributed by atoms with Crippen molar-refractivity contribution in [1.82, 2.24) is 5.32 Å². The largest absolute Gasteiger partial charge is 0.378 e. The van der Waals surface area contributed by atoms with Crippen molar-refractivity contribution in [3.05, 3.63) is 34.6 Å². The molecule has 2 rings (SSSR count). The first-order chi connectivity index (χ1) is 8.60. The van der Waals surface area contributed by atoms with Gasteiger partial charge in [0.2, 0.25) is 0 Å². The summed E-state index contributed by atoms with van der Waals surface area (Å²) >= 11 is 6.16. The Morgan fingerprint density at radius 3 is 2.72 bits per heavy atom. The highest BCUT2D eigenvalue weighted by atomic mass is 35.5. The van der Waals surface area contributed by atoms with Crippen LogP contribution in [0, 0.1) is 5.82 Å². The molecule has 2 nitrogen and oxygen atoms in total. The Morgan fingerprint density at radius 1 is 1.50 bits per heavy atom. The maximum atomic E-state index is 13.3. The lowest BCUT2D eigenvalue weighted by molar-refractivity contribution is -0.0834. The van der Waals surface area contributed by atoms with Crippen LogP contribution in [-0.2, 0) is 4.74 Å². The van der Waals surface area contributed by atoms with E-state index < -0.39 is 0 Å². The fraction of sp³-hybridized carbons (Fsp3) is 0.571. The molecule has 18 heavy (non-hydrogen) atoms. The summed E-state index contributed by atoms with van der Waals surface area (Å²) in [5.74, 6) is -0.255. The predicted molar refractivity (Wildman–Crippen MR) is 71.4 cm³/mol. The number of ether oxygens (including phenoxy) is 1. The fourth-order valence-electron chi connectivity index (χ4n) is 2.58.